The van der Waals surface area contributed by atoms with Gasteiger partial charge < -0.3 is 4.57 Å². The molecule has 24 heavy (non-hydrogen) atoms. The standard InChI is InChI=1S/C19H17ClFN3/c1-11(2)10-24-12(3)18(13-4-7-16(20)17(21)8-13)15-6-5-14(9-22)23-19(15)24/h4-8,11H,10H2,1-3H3. The van der Waals surface area contributed by atoms with Gasteiger partial charge in [-0.05, 0) is 42.7 Å². The highest BCUT2D eigenvalue weighted by Gasteiger charge is 2.18. The van der Waals surface area contributed by atoms with E-state index in [-0.39, 0.29) is 5.02 Å². The lowest BCUT2D eigenvalue weighted by molar-refractivity contribution is 0.525. The summed E-state index contributed by atoms with van der Waals surface area (Å²) < 4.78 is 16.0. The van der Waals surface area contributed by atoms with Crippen LogP contribution < -0.4 is 0 Å². The Hall–Kier alpha value is -2.38. The number of hydrogen-bond acceptors (Lipinski definition) is 2. The van der Waals surface area contributed by atoms with Crippen LogP contribution in [0.15, 0.2) is 30.3 Å². The van der Waals surface area contributed by atoms with Gasteiger partial charge in [0.15, 0.2) is 0 Å². The fourth-order valence-electron chi connectivity index (χ4n) is 3.00. The van der Waals surface area contributed by atoms with Crippen LogP contribution in [-0.2, 0) is 6.54 Å². The van der Waals surface area contributed by atoms with E-state index in [1.165, 1.54) is 6.07 Å². The predicted molar refractivity (Wildman–Crippen MR) is 94.4 cm³/mol. The Morgan fingerprint density at radius 1 is 1.29 bits per heavy atom. The first-order chi connectivity index (χ1) is 11.4. The molecule has 0 N–H and O–H groups in total. The van der Waals surface area contributed by atoms with Crippen LogP contribution in [-0.4, -0.2) is 9.55 Å². The Balaban J connectivity index is 2.33. The third-order valence-corrected chi connectivity index (χ3v) is 4.34. The second-order valence-corrected chi connectivity index (χ2v) is 6.68. The minimum atomic E-state index is -0.445. The van der Waals surface area contributed by atoms with Gasteiger partial charge in [-0.3, -0.25) is 0 Å². The first-order valence-electron chi connectivity index (χ1n) is 7.77. The average Bonchev–Trinajstić information content (AvgIpc) is 2.81. The minimum Gasteiger partial charge on any atom is -0.329 e. The van der Waals surface area contributed by atoms with E-state index in [0.29, 0.717) is 11.6 Å². The van der Waals surface area contributed by atoms with E-state index in [2.05, 4.69) is 29.5 Å². The summed E-state index contributed by atoms with van der Waals surface area (Å²) >= 11 is 5.81. The van der Waals surface area contributed by atoms with Crippen molar-refractivity contribution in [1.82, 2.24) is 9.55 Å². The SMILES string of the molecule is Cc1c(-c2ccc(Cl)c(F)c2)c2ccc(C#N)nc2n1CC(C)C. The average molecular weight is 342 g/mol. The molecule has 0 fully saturated rings. The van der Waals surface area contributed by atoms with Crippen molar-refractivity contribution in [2.24, 2.45) is 5.92 Å². The van der Waals surface area contributed by atoms with Crippen LogP contribution in [0, 0.1) is 30.0 Å². The molecule has 0 saturated heterocycles. The molecule has 0 spiro atoms. The second-order valence-electron chi connectivity index (χ2n) is 6.27. The maximum atomic E-state index is 13.9. The number of nitrogens with zero attached hydrogens (tertiary/aromatic N) is 3. The molecule has 3 nitrogen and oxygen atoms in total. The zero-order chi connectivity index (χ0) is 17.4. The van der Waals surface area contributed by atoms with Crippen molar-refractivity contribution in [2.45, 2.75) is 27.3 Å². The van der Waals surface area contributed by atoms with Crippen LogP contribution in [0.5, 0.6) is 0 Å². The number of hydrogen-bond donors (Lipinski definition) is 0. The van der Waals surface area contributed by atoms with Crippen LogP contribution in [0.1, 0.15) is 25.2 Å². The monoisotopic (exact) mass is 341 g/mol. The molecule has 0 unspecified atom stereocenters. The third kappa shape index (κ3) is 2.76. The molecule has 0 aliphatic heterocycles. The Kier molecular flexibility index (Phi) is 4.29. The molecular formula is C19H17ClFN3. The molecule has 3 rings (SSSR count). The van der Waals surface area contributed by atoms with E-state index in [1.807, 2.05) is 19.1 Å². The lowest BCUT2D eigenvalue weighted by Gasteiger charge is -2.11. The maximum absolute atomic E-state index is 13.9. The molecule has 0 radical (unpaired) electrons. The van der Waals surface area contributed by atoms with E-state index in [1.54, 1.807) is 12.1 Å². The molecule has 0 bridgehead atoms. The van der Waals surface area contributed by atoms with Gasteiger partial charge in [-0.25, -0.2) is 9.37 Å². The first kappa shape index (κ1) is 16.5. The number of pyridine rings is 1. The summed E-state index contributed by atoms with van der Waals surface area (Å²) in [6.07, 6.45) is 0. The lowest BCUT2D eigenvalue weighted by atomic mass is 10.0. The number of benzene rings is 1. The maximum Gasteiger partial charge on any atom is 0.142 e. The highest BCUT2D eigenvalue weighted by molar-refractivity contribution is 6.30. The zero-order valence-corrected chi connectivity index (χ0v) is 14.5. The fraction of sp³-hybridized carbons (Fsp3) is 0.263. The Morgan fingerprint density at radius 2 is 2.04 bits per heavy atom. The van der Waals surface area contributed by atoms with Crippen LogP contribution >= 0.6 is 11.6 Å². The molecule has 2 aromatic heterocycles. The van der Waals surface area contributed by atoms with Crippen LogP contribution in [0.3, 0.4) is 0 Å². The summed E-state index contributed by atoms with van der Waals surface area (Å²) in [5.74, 6) is -0.0263. The molecule has 2 heterocycles. The van der Waals surface area contributed by atoms with Gasteiger partial charge in [0, 0.05) is 23.2 Å². The van der Waals surface area contributed by atoms with Gasteiger partial charge in [0.1, 0.15) is 23.2 Å². The van der Waals surface area contributed by atoms with Crippen molar-refractivity contribution >= 4 is 22.6 Å². The number of halogens is 2. The van der Waals surface area contributed by atoms with Crippen LogP contribution in [0.4, 0.5) is 4.39 Å². The quantitative estimate of drug-likeness (QED) is 0.646. The Morgan fingerprint density at radius 3 is 2.67 bits per heavy atom. The van der Waals surface area contributed by atoms with Crippen molar-refractivity contribution in [1.29, 1.82) is 5.26 Å². The second kappa shape index (κ2) is 6.26. The van der Waals surface area contributed by atoms with Gasteiger partial charge in [0.05, 0.1) is 5.02 Å². The van der Waals surface area contributed by atoms with E-state index < -0.39 is 5.82 Å². The zero-order valence-electron chi connectivity index (χ0n) is 13.8. The summed E-state index contributed by atoms with van der Waals surface area (Å²) in [7, 11) is 0. The normalized spacial score (nSPS) is 11.2. The van der Waals surface area contributed by atoms with Gasteiger partial charge in [-0.2, -0.15) is 5.26 Å². The van der Waals surface area contributed by atoms with E-state index in [4.69, 9.17) is 16.9 Å². The molecule has 0 aliphatic carbocycles. The summed E-state index contributed by atoms with van der Waals surface area (Å²) in [6.45, 7) is 7.03. The van der Waals surface area contributed by atoms with Crippen LogP contribution in [0.25, 0.3) is 22.2 Å². The summed E-state index contributed by atoms with van der Waals surface area (Å²) in [6, 6.07) is 10.5. The number of rotatable bonds is 3. The third-order valence-electron chi connectivity index (χ3n) is 4.04. The molecule has 0 saturated carbocycles. The molecular weight excluding hydrogens is 325 g/mol. The molecule has 3 aromatic rings. The van der Waals surface area contributed by atoms with Crippen molar-refractivity contribution in [3.8, 4) is 17.2 Å². The number of aromatic nitrogens is 2. The van der Waals surface area contributed by atoms with Gasteiger partial charge >= 0.3 is 0 Å². The lowest BCUT2D eigenvalue weighted by Crippen LogP contribution is -2.07. The van der Waals surface area contributed by atoms with Crippen LogP contribution in [0.2, 0.25) is 5.02 Å². The van der Waals surface area contributed by atoms with Gasteiger partial charge in [-0.1, -0.05) is 31.5 Å². The van der Waals surface area contributed by atoms with Crippen molar-refractivity contribution in [2.75, 3.05) is 0 Å². The fourth-order valence-corrected chi connectivity index (χ4v) is 3.12. The summed E-state index contributed by atoms with van der Waals surface area (Å²) in [5.41, 5.74) is 3.82. The van der Waals surface area contributed by atoms with Gasteiger partial charge in [0.25, 0.3) is 0 Å². The highest BCUT2D eigenvalue weighted by atomic mass is 35.5. The van der Waals surface area contributed by atoms with Crippen molar-refractivity contribution < 1.29 is 4.39 Å². The smallest absolute Gasteiger partial charge is 0.142 e. The molecule has 122 valence electrons. The predicted octanol–water partition coefficient (Wildman–Crippen LogP) is 5.33. The minimum absolute atomic E-state index is 0.104. The van der Waals surface area contributed by atoms with E-state index >= 15 is 0 Å². The van der Waals surface area contributed by atoms with Crippen molar-refractivity contribution in [3.63, 3.8) is 0 Å². The molecule has 1 aromatic carbocycles. The Bertz CT molecular complexity index is 967. The Labute approximate surface area is 145 Å². The van der Waals surface area contributed by atoms with E-state index in [0.717, 1.165) is 34.4 Å². The van der Waals surface area contributed by atoms with E-state index in [9.17, 15) is 4.39 Å². The topological polar surface area (TPSA) is 41.6 Å². The van der Waals surface area contributed by atoms with Gasteiger partial charge in [0.2, 0.25) is 0 Å². The van der Waals surface area contributed by atoms with Crippen molar-refractivity contribution in [3.05, 3.63) is 52.6 Å². The molecule has 0 aliphatic rings. The molecule has 5 heteroatoms. The van der Waals surface area contributed by atoms with Gasteiger partial charge in [-0.15, -0.1) is 0 Å². The number of fused-ring (bicyclic) bond motifs is 1. The summed E-state index contributed by atoms with van der Waals surface area (Å²) in [5, 5.41) is 10.2. The largest absolute Gasteiger partial charge is 0.329 e. The first-order valence-corrected chi connectivity index (χ1v) is 8.15. The number of nitriles is 1. The summed E-state index contributed by atoms with van der Waals surface area (Å²) in [4.78, 5) is 4.48. The highest BCUT2D eigenvalue weighted by Crippen LogP contribution is 2.35. The molecule has 0 atom stereocenters. The molecule has 0 amide bonds.